The van der Waals surface area contributed by atoms with Gasteiger partial charge in [-0.05, 0) is 109 Å². The topological polar surface area (TPSA) is 104 Å². The van der Waals surface area contributed by atoms with E-state index in [-0.39, 0.29) is 36.2 Å². The van der Waals surface area contributed by atoms with Crippen LogP contribution in [0.1, 0.15) is 91.7 Å². The largest absolute Gasteiger partial charge is 0.444 e. The smallest absolute Gasteiger partial charge is 0.407 e. The Kier molecular flexibility index (Phi) is 9.64. The molecule has 1 aliphatic carbocycles. The molecular formula is C31H44N4O4. The molecule has 1 aliphatic rings. The quantitative estimate of drug-likeness (QED) is 0.411. The predicted octanol–water partition coefficient (Wildman–Crippen LogP) is 5.54. The number of pyridine rings is 1. The van der Waals surface area contributed by atoms with Crippen LogP contribution < -0.4 is 21.1 Å². The first kappa shape index (κ1) is 30.0. The number of carbonyl (C=O) groups is 2. The number of rotatable bonds is 8. The molecule has 2 aromatic rings. The molecule has 1 aromatic heterocycles. The summed E-state index contributed by atoms with van der Waals surface area (Å²) < 4.78 is 5.42. The van der Waals surface area contributed by atoms with E-state index >= 15 is 0 Å². The van der Waals surface area contributed by atoms with Crippen molar-refractivity contribution in [3.63, 3.8) is 0 Å². The van der Waals surface area contributed by atoms with Gasteiger partial charge in [0.25, 0.3) is 11.5 Å². The van der Waals surface area contributed by atoms with Gasteiger partial charge in [0, 0.05) is 47.7 Å². The van der Waals surface area contributed by atoms with E-state index in [1.165, 1.54) is 0 Å². The Bertz CT molecular complexity index is 1270. The average molecular weight is 537 g/mol. The summed E-state index contributed by atoms with van der Waals surface area (Å²) in [5, 5.41) is 5.96. The van der Waals surface area contributed by atoms with Crippen molar-refractivity contribution < 1.29 is 14.3 Å². The summed E-state index contributed by atoms with van der Waals surface area (Å²) in [5.41, 5.74) is 4.83. The highest BCUT2D eigenvalue weighted by Gasteiger charge is 2.29. The number of nitrogens with zero attached hydrogens (tertiary/aromatic N) is 1. The van der Waals surface area contributed by atoms with Crippen LogP contribution in [0.5, 0.6) is 0 Å². The summed E-state index contributed by atoms with van der Waals surface area (Å²) >= 11 is 0. The van der Waals surface area contributed by atoms with Crippen molar-refractivity contribution in [2.45, 2.75) is 98.4 Å². The lowest BCUT2D eigenvalue weighted by Crippen LogP contribution is -2.45. The first-order valence-electron chi connectivity index (χ1n) is 13.8. The standard InChI is InChI=1S/C31H44N4O4/c1-9-22-16-25(28(36)32-18-26-19(3)15-20(4)33-29(26)37)21(5)27(17-22)35(10-2)24-13-11-23(12-14-24)34-30(38)39-31(6,7)8/h9,15-17,23-24H,1,10-14,18H2,2-8H3,(H,32,36)(H,33,37)(H,34,38)/t23-,24-. The number of H-pyrrole nitrogens is 1. The van der Waals surface area contributed by atoms with Crippen LogP contribution in [0.15, 0.2) is 29.6 Å². The number of aryl methyl sites for hydroxylation is 2. The molecule has 0 unspecified atom stereocenters. The van der Waals surface area contributed by atoms with E-state index in [0.717, 1.165) is 60.3 Å². The van der Waals surface area contributed by atoms with Crippen LogP contribution in [0.3, 0.4) is 0 Å². The Morgan fingerprint density at radius 1 is 1.13 bits per heavy atom. The molecule has 39 heavy (non-hydrogen) atoms. The lowest BCUT2D eigenvalue weighted by atomic mass is 9.89. The highest BCUT2D eigenvalue weighted by atomic mass is 16.6. The maximum Gasteiger partial charge on any atom is 0.407 e. The van der Waals surface area contributed by atoms with Crippen molar-refractivity contribution in [2.75, 3.05) is 11.4 Å². The minimum atomic E-state index is -0.521. The van der Waals surface area contributed by atoms with Gasteiger partial charge in [-0.1, -0.05) is 12.7 Å². The number of anilines is 1. The second kappa shape index (κ2) is 12.5. The third-order valence-corrected chi connectivity index (χ3v) is 7.31. The molecule has 0 radical (unpaired) electrons. The molecule has 1 fully saturated rings. The average Bonchev–Trinajstić information content (AvgIpc) is 2.84. The van der Waals surface area contributed by atoms with Gasteiger partial charge < -0.3 is 25.3 Å². The fourth-order valence-corrected chi connectivity index (χ4v) is 5.37. The summed E-state index contributed by atoms with van der Waals surface area (Å²) in [6.07, 6.45) is 4.94. The molecule has 0 spiro atoms. The number of benzene rings is 1. The highest BCUT2D eigenvalue weighted by molar-refractivity contribution is 5.98. The van der Waals surface area contributed by atoms with Gasteiger partial charge in [0.05, 0.1) is 0 Å². The Labute approximate surface area is 232 Å². The van der Waals surface area contributed by atoms with Gasteiger partial charge in [-0.3, -0.25) is 9.59 Å². The van der Waals surface area contributed by atoms with Gasteiger partial charge in [-0.25, -0.2) is 4.79 Å². The number of hydrogen-bond acceptors (Lipinski definition) is 5. The van der Waals surface area contributed by atoms with E-state index in [1.807, 2.05) is 53.7 Å². The number of alkyl carbamates (subject to hydrolysis) is 1. The number of carbonyl (C=O) groups excluding carboxylic acids is 2. The number of amides is 2. The molecule has 3 N–H and O–H groups in total. The Morgan fingerprint density at radius 2 is 1.79 bits per heavy atom. The molecule has 1 saturated carbocycles. The maximum atomic E-state index is 13.4. The van der Waals surface area contributed by atoms with E-state index in [0.29, 0.717) is 11.1 Å². The third-order valence-electron chi connectivity index (χ3n) is 7.31. The van der Waals surface area contributed by atoms with Crippen molar-refractivity contribution in [3.8, 4) is 0 Å². The van der Waals surface area contributed by atoms with Crippen LogP contribution in [0, 0.1) is 20.8 Å². The molecule has 0 atom stereocenters. The van der Waals surface area contributed by atoms with Gasteiger partial charge in [-0.2, -0.15) is 0 Å². The van der Waals surface area contributed by atoms with Gasteiger partial charge in [0.15, 0.2) is 0 Å². The second-order valence-electron chi connectivity index (χ2n) is 11.5. The van der Waals surface area contributed by atoms with Crippen LogP contribution in [0.25, 0.3) is 6.08 Å². The molecule has 1 aromatic carbocycles. The molecule has 1 heterocycles. The van der Waals surface area contributed by atoms with Crippen molar-refractivity contribution in [3.05, 3.63) is 68.6 Å². The minimum absolute atomic E-state index is 0.0881. The number of hydrogen-bond donors (Lipinski definition) is 3. The van der Waals surface area contributed by atoms with E-state index in [9.17, 15) is 14.4 Å². The minimum Gasteiger partial charge on any atom is -0.444 e. The lowest BCUT2D eigenvalue weighted by molar-refractivity contribution is 0.0491. The maximum absolute atomic E-state index is 13.4. The Hall–Kier alpha value is -3.55. The molecular weight excluding hydrogens is 492 g/mol. The van der Waals surface area contributed by atoms with Crippen LogP contribution in [0.2, 0.25) is 0 Å². The summed E-state index contributed by atoms with van der Waals surface area (Å²) in [6.45, 7) is 18.3. The molecule has 3 rings (SSSR count). The number of ether oxygens (including phenoxy) is 1. The molecule has 8 nitrogen and oxygen atoms in total. The van der Waals surface area contributed by atoms with Crippen molar-refractivity contribution in [2.24, 2.45) is 0 Å². The zero-order valence-electron chi connectivity index (χ0n) is 24.5. The van der Waals surface area contributed by atoms with Crippen LogP contribution in [0.4, 0.5) is 10.5 Å². The third kappa shape index (κ3) is 7.74. The van der Waals surface area contributed by atoms with E-state index in [1.54, 1.807) is 6.08 Å². The van der Waals surface area contributed by atoms with E-state index in [2.05, 4.69) is 40.1 Å². The summed E-state index contributed by atoms with van der Waals surface area (Å²) in [5.74, 6) is -0.224. The molecule has 212 valence electrons. The van der Waals surface area contributed by atoms with Crippen molar-refractivity contribution in [1.29, 1.82) is 0 Å². The van der Waals surface area contributed by atoms with Gasteiger partial charge in [0.2, 0.25) is 0 Å². The Balaban J connectivity index is 1.76. The zero-order chi connectivity index (χ0) is 28.9. The summed E-state index contributed by atoms with van der Waals surface area (Å²) in [4.78, 5) is 43.2. The Morgan fingerprint density at radius 3 is 2.36 bits per heavy atom. The van der Waals surface area contributed by atoms with Crippen molar-refractivity contribution in [1.82, 2.24) is 15.6 Å². The number of nitrogens with one attached hydrogen (secondary N) is 3. The zero-order valence-corrected chi connectivity index (χ0v) is 24.5. The first-order valence-corrected chi connectivity index (χ1v) is 13.8. The van der Waals surface area contributed by atoms with Gasteiger partial charge in [0.1, 0.15) is 5.60 Å². The molecule has 8 heteroatoms. The van der Waals surface area contributed by atoms with E-state index < -0.39 is 5.60 Å². The molecule has 2 amide bonds. The van der Waals surface area contributed by atoms with E-state index in [4.69, 9.17) is 4.74 Å². The number of aromatic nitrogens is 1. The fraction of sp³-hybridized carbons (Fsp3) is 0.516. The van der Waals surface area contributed by atoms with Crippen LogP contribution in [-0.2, 0) is 11.3 Å². The second-order valence-corrected chi connectivity index (χ2v) is 11.5. The fourth-order valence-electron chi connectivity index (χ4n) is 5.37. The lowest BCUT2D eigenvalue weighted by Gasteiger charge is -2.39. The first-order chi connectivity index (χ1) is 18.3. The monoisotopic (exact) mass is 536 g/mol. The van der Waals surface area contributed by atoms with Gasteiger partial charge in [-0.15, -0.1) is 0 Å². The number of aromatic amines is 1. The molecule has 0 bridgehead atoms. The summed E-state index contributed by atoms with van der Waals surface area (Å²) in [6, 6.07) is 6.22. The summed E-state index contributed by atoms with van der Waals surface area (Å²) in [7, 11) is 0. The van der Waals surface area contributed by atoms with Crippen LogP contribution >= 0.6 is 0 Å². The van der Waals surface area contributed by atoms with Crippen LogP contribution in [-0.4, -0.2) is 41.2 Å². The molecule has 0 saturated heterocycles. The molecule has 0 aliphatic heterocycles. The van der Waals surface area contributed by atoms with Gasteiger partial charge >= 0.3 is 6.09 Å². The normalized spacial score (nSPS) is 17.3. The SMILES string of the molecule is C=Cc1cc(C(=O)NCc2c(C)cc(C)[nH]c2=O)c(C)c(N(CC)[C@H]2CC[C@H](NC(=O)OC(C)(C)C)CC2)c1. The predicted molar refractivity (Wildman–Crippen MR) is 157 cm³/mol. The highest BCUT2D eigenvalue weighted by Crippen LogP contribution is 2.32. The van der Waals surface area contributed by atoms with Crippen molar-refractivity contribution >= 4 is 23.8 Å².